The van der Waals surface area contributed by atoms with E-state index in [1.54, 1.807) is 13.0 Å². The maximum Gasteiger partial charge on any atom is 0.305 e. The van der Waals surface area contributed by atoms with Crippen molar-refractivity contribution in [3.05, 3.63) is 27.2 Å². The van der Waals surface area contributed by atoms with Crippen LogP contribution in [0.2, 0.25) is 15.1 Å². The number of hydrogen-bond acceptors (Lipinski definition) is 2. The van der Waals surface area contributed by atoms with Crippen LogP contribution in [0.25, 0.3) is 0 Å². The summed E-state index contributed by atoms with van der Waals surface area (Å²) in [4.78, 5) is 10.5. The lowest BCUT2D eigenvalue weighted by atomic mass is 10.2. The van der Waals surface area contributed by atoms with E-state index >= 15 is 0 Å². The second kappa shape index (κ2) is 5.62. The van der Waals surface area contributed by atoms with Crippen molar-refractivity contribution in [3.63, 3.8) is 0 Å². The highest BCUT2D eigenvalue weighted by Gasteiger charge is 2.11. The lowest BCUT2D eigenvalue weighted by molar-refractivity contribution is -0.137. The van der Waals surface area contributed by atoms with Gasteiger partial charge in [0.2, 0.25) is 0 Å². The zero-order valence-electron chi connectivity index (χ0n) is 8.43. The number of anilines is 1. The van der Waals surface area contributed by atoms with Crippen LogP contribution < -0.4 is 5.32 Å². The van der Waals surface area contributed by atoms with Gasteiger partial charge in [0.1, 0.15) is 0 Å². The average Bonchev–Trinajstić information content (AvgIpc) is 2.12. The molecule has 1 aromatic rings. The highest BCUT2D eigenvalue weighted by Crippen LogP contribution is 2.32. The normalized spacial score (nSPS) is 12.2. The van der Waals surface area contributed by atoms with E-state index in [1.165, 1.54) is 6.07 Å². The van der Waals surface area contributed by atoms with Crippen molar-refractivity contribution in [1.29, 1.82) is 0 Å². The molecule has 1 unspecified atom stereocenters. The second-order valence-corrected chi connectivity index (χ2v) is 4.61. The van der Waals surface area contributed by atoms with Crippen LogP contribution in [0.3, 0.4) is 0 Å². The number of benzene rings is 1. The summed E-state index contributed by atoms with van der Waals surface area (Å²) in [7, 11) is 0. The van der Waals surface area contributed by atoms with Gasteiger partial charge in [-0.05, 0) is 19.1 Å². The molecule has 1 atom stereocenters. The first-order chi connectivity index (χ1) is 7.40. The number of nitrogens with one attached hydrogen (secondary N) is 1. The third-order valence-corrected chi connectivity index (χ3v) is 2.93. The van der Waals surface area contributed by atoms with Gasteiger partial charge < -0.3 is 10.4 Å². The van der Waals surface area contributed by atoms with E-state index in [0.29, 0.717) is 20.8 Å². The Morgan fingerprint density at radius 3 is 2.44 bits per heavy atom. The van der Waals surface area contributed by atoms with E-state index in [0.717, 1.165) is 0 Å². The maximum absolute atomic E-state index is 10.5. The standard InChI is InChI=1S/C10H10Cl3NO2/c1-5(2-10(15)16)14-9-4-7(12)6(11)3-8(9)13/h3-5,14H,2H2,1H3,(H,15,16). The first-order valence-electron chi connectivity index (χ1n) is 4.53. The molecule has 0 fully saturated rings. The molecule has 0 aromatic heterocycles. The van der Waals surface area contributed by atoms with Crippen LogP contribution in [0.5, 0.6) is 0 Å². The van der Waals surface area contributed by atoms with E-state index < -0.39 is 5.97 Å². The van der Waals surface area contributed by atoms with Crippen molar-refractivity contribution >= 4 is 46.5 Å². The molecule has 1 rings (SSSR count). The molecule has 2 N–H and O–H groups in total. The van der Waals surface area contributed by atoms with Crippen LogP contribution in [-0.2, 0) is 4.79 Å². The van der Waals surface area contributed by atoms with Crippen molar-refractivity contribution in [2.24, 2.45) is 0 Å². The Kier molecular flexibility index (Phi) is 4.71. The van der Waals surface area contributed by atoms with Crippen LogP contribution in [0, 0.1) is 0 Å². The van der Waals surface area contributed by atoms with E-state index in [1.807, 2.05) is 0 Å². The van der Waals surface area contributed by atoms with Crippen molar-refractivity contribution in [3.8, 4) is 0 Å². The number of aliphatic carboxylic acids is 1. The van der Waals surface area contributed by atoms with Gasteiger partial charge in [0.15, 0.2) is 0 Å². The van der Waals surface area contributed by atoms with Gasteiger partial charge in [-0.15, -0.1) is 0 Å². The lowest BCUT2D eigenvalue weighted by Crippen LogP contribution is -2.19. The van der Waals surface area contributed by atoms with Gasteiger partial charge in [0, 0.05) is 6.04 Å². The van der Waals surface area contributed by atoms with Crippen molar-refractivity contribution < 1.29 is 9.90 Å². The second-order valence-electron chi connectivity index (χ2n) is 3.39. The predicted molar refractivity (Wildman–Crippen MR) is 66.8 cm³/mol. The van der Waals surface area contributed by atoms with Crippen LogP contribution >= 0.6 is 34.8 Å². The fraction of sp³-hybridized carbons (Fsp3) is 0.300. The van der Waals surface area contributed by atoms with Crippen LogP contribution in [0.4, 0.5) is 5.69 Å². The van der Waals surface area contributed by atoms with Crippen molar-refractivity contribution in [1.82, 2.24) is 0 Å². The highest BCUT2D eigenvalue weighted by atomic mass is 35.5. The number of hydrogen-bond donors (Lipinski definition) is 2. The summed E-state index contributed by atoms with van der Waals surface area (Å²) >= 11 is 17.5. The minimum atomic E-state index is -0.879. The summed E-state index contributed by atoms with van der Waals surface area (Å²) in [6, 6.07) is 2.85. The zero-order valence-corrected chi connectivity index (χ0v) is 10.7. The maximum atomic E-state index is 10.5. The van der Waals surface area contributed by atoms with Gasteiger partial charge in [-0.25, -0.2) is 0 Å². The monoisotopic (exact) mass is 281 g/mol. The third-order valence-electron chi connectivity index (χ3n) is 1.89. The number of carboxylic acids is 1. The fourth-order valence-corrected chi connectivity index (χ4v) is 1.81. The molecule has 88 valence electrons. The zero-order chi connectivity index (χ0) is 12.3. The summed E-state index contributed by atoms with van der Waals surface area (Å²) < 4.78 is 0. The molecule has 0 aliphatic heterocycles. The minimum Gasteiger partial charge on any atom is -0.481 e. The molecule has 0 heterocycles. The molecule has 3 nitrogen and oxygen atoms in total. The molecule has 0 saturated carbocycles. The van der Waals surface area contributed by atoms with Crippen molar-refractivity contribution in [2.45, 2.75) is 19.4 Å². The molecule has 0 spiro atoms. The molecule has 1 aromatic carbocycles. The first kappa shape index (κ1) is 13.4. The molecule has 16 heavy (non-hydrogen) atoms. The Morgan fingerprint density at radius 2 is 1.88 bits per heavy atom. The van der Waals surface area contributed by atoms with E-state index in [9.17, 15) is 4.79 Å². The number of carboxylic acid groups (broad SMARTS) is 1. The Morgan fingerprint density at radius 1 is 1.31 bits per heavy atom. The third kappa shape index (κ3) is 3.74. The molecular weight excluding hydrogens is 272 g/mol. The van der Waals surface area contributed by atoms with Gasteiger partial charge in [-0.3, -0.25) is 4.79 Å². The van der Waals surface area contributed by atoms with E-state index in [2.05, 4.69) is 5.32 Å². The Bertz CT molecular complexity index is 409. The summed E-state index contributed by atoms with van der Waals surface area (Å²) in [6.45, 7) is 1.74. The van der Waals surface area contributed by atoms with Gasteiger partial charge in [-0.1, -0.05) is 34.8 Å². The van der Waals surface area contributed by atoms with Crippen LogP contribution in [-0.4, -0.2) is 17.1 Å². The molecule has 0 saturated heterocycles. The summed E-state index contributed by atoms with van der Waals surface area (Å²) in [5.74, 6) is -0.879. The Balaban J connectivity index is 2.81. The van der Waals surface area contributed by atoms with Crippen LogP contribution in [0.1, 0.15) is 13.3 Å². The van der Waals surface area contributed by atoms with Gasteiger partial charge in [-0.2, -0.15) is 0 Å². The quantitative estimate of drug-likeness (QED) is 0.823. The topological polar surface area (TPSA) is 49.3 Å². The summed E-state index contributed by atoms with van der Waals surface area (Å²) in [5.41, 5.74) is 0.574. The molecule has 6 heteroatoms. The van der Waals surface area contributed by atoms with Gasteiger partial charge >= 0.3 is 5.97 Å². The Hall–Kier alpha value is -0.640. The number of rotatable bonds is 4. The van der Waals surface area contributed by atoms with E-state index in [-0.39, 0.29) is 12.5 Å². The molecular formula is C10H10Cl3NO2. The van der Waals surface area contributed by atoms with Crippen LogP contribution in [0.15, 0.2) is 12.1 Å². The smallest absolute Gasteiger partial charge is 0.305 e. The number of carbonyl (C=O) groups is 1. The van der Waals surface area contributed by atoms with E-state index in [4.69, 9.17) is 39.9 Å². The average molecular weight is 283 g/mol. The predicted octanol–water partition coefficient (Wildman–Crippen LogP) is 3.92. The lowest BCUT2D eigenvalue weighted by Gasteiger charge is -2.15. The number of halogens is 3. The largest absolute Gasteiger partial charge is 0.481 e. The van der Waals surface area contributed by atoms with Gasteiger partial charge in [0.05, 0.1) is 27.2 Å². The SMILES string of the molecule is CC(CC(=O)O)Nc1cc(Cl)c(Cl)cc1Cl. The molecule has 0 aliphatic carbocycles. The fourth-order valence-electron chi connectivity index (χ4n) is 1.21. The summed E-state index contributed by atoms with van der Waals surface area (Å²) in [6.07, 6.45) is -0.00340. The minimum absolute atomic E-state index is 0.00340. The molecule has 0 radical (unpaired) electrons. The van der Waals surface area contributed by atoms with Crippen molar-refractivity contribution in [2.75, 3.05) is 5.32 Å². The highest BCUT2D eigenvalue weighted by molar-refractivity contribution is 6.44. The summed E-state index contributed by atoms with van der Waals surface area (Å²) in [5, 5.41) is 12.7. The Labute approximate surface area is 108 Å². The first-order valence-corrected chi connectivity index (χ1v) is 5.66. The van der Waals surface area contributed by atoms with Gasteiger partial charge in [0.25, 0.3) is 0 Å². The molecule has 0 bridgehead atoms. The molecule has 0 amide bonds. The molecule has 0 aliphatic rings.